The van der Waals surface area contributed by atoms with Crippen LogP contribution in [0.25, 0.3) is 6.08 Å². The van der Waals surface area contributed by atoms with E-state index in [0.717, 1.165) is 0 Å². The minimum atomic E-state index is -0.879. The van der Waals surface area contributed by atoms with Crippen LogP contribution in [0.5, 0.6) is 0 Å². The highest BCUT2D eigenvalue weighted by atomic mass is 19.1. The average molecular weight is 259 g/mol. The Hall–Kier alpha value is -2.15. The van der Waals surface area contributed by atoms with Crippen LogP contribution in [0.4, 0.5) is 4.39 Å². The summed E-state index contributed by atoms with van der Waals surface area (Å²) < 4.78 is 12.8. The van der Waals surface area contributed by atoms with Crippen molar-refractivity contribution in [3.05, 3.63) is 41.2 Å². The maximum Gasteiger partial charge on any atom is 0.307 e. The van der Waals surface area contributed by atoms with E-state index in [2.05, 4.69) is 6.07 Å². The van der Waals surface area contributed by atoms with Gasteiger partial charge in [0, 0.05) is 11.5 Å². The van der Waals surface area contributed by atoms with Gasteiger partial charge >= 0.3 is 5.97 Å². The highest BCUT2D eigenvalue weighted by Gasteiger charge is 2.63. The van der Waals surface area contributed by atoms with Crippen LogP contribution < -0.4 is 0 Å². The fraction of sp³-hybridized carbons (Fsp3) is 0.333. The summed E-state index contributed by atoms with van der Waals surface area (Å²) in [7, 11) is 0. The van der Waals surface area contributed by atoms with Crippen LogP contribution in [0.3, 0.4) is 0 Å². The first-order chi connectivity index (χ1) is 8.87. The third-order valence-corrected chi connectivity index (χ3v) is 3.75. The van der Waals surface area contributed by atoms with Crippen molar-refractivity contribution in [3.8, 4) is 6.07 Å². The number of carbonyl (C=O) groups is 1. The third kappa shape index (κ3) is 2.37. The number of rotatable bonds is 3. The number of hydrogen-bond acceptors (Lipinski definition) is 2. The predicted molar refractivity (Wildman–Crippen MR) is 68.4 cm³/mol. The van der Waals surface area contributed by atoms with Gasteiger partial charge in [-0.1, -0.05) is 26.0 Å². The van der Waals surface area contributed by atoms with Crippen molar-refractivity contribution in [1.82, 2.24) is 0 Å². The number of carboxylic acids is 1. The molecular weight excluding hydrogens is 245 g/mol. The summed E-state index contributed by atoms with van der Waals surface area (Å²) in [5.41, 5.74) is 0.724. The Balaban J connectivity index is 2.30. The summed E-state index contributed by atoms with van der Waals surface area (Å²) in [6.45, 7) is 3.68. The molecule has 0 amide bonds. The topological polar surface area (TPSA) is 61.1 Å². The van der Waals surface area contributed by atoms with Crippen LogP contribution in [-0.2, 0) is 4.79 Å². The number of nitriles is 1. The van der Waals surface area contributed by atoms with Gasteiger partial charge in [-0.25, -0.2) is 4.39 Å². The zero-order valence-corrected chi connectivity index (χ0v) is 10.7. The van der Waals surface area contributed by atoms with Gasteiger partial charge in [-0.3, -0.25) is 4.79 Å². The number of aliphatic carboxylic acids is 1. The molecule has 2 atom stereocenters. The number of carboxylic acid groups (broad SMARTS) is 1. The van der Waals surface area contributed by atoms with Crippen molar-refractivity contribution >= 4 is 12.0 Å². The molecule has 1 aromatic rings. The van der Waals surface area contributed by atoms with Crippen LogP contribution in [0, 0.1) is 34.4 Å². The molecule has 0 heterocycles. The number of allylic oxidation sites excluding steroid dienone is 1. The Morgan fingerprint density at radius 1 is 1.37 bits per heavy atom. The minimum absolute atomic E-state index is 0.278. The molecule has 98 valence electrons. The second-order valence-electron chi connectivity index (χ2n) is 5.38. The van der Waals surface area contributed by atoms with E-state index in [4.69, 9.17) is 5.11 Å². The lowest BCUT2D eigenvalue weighted by molar-refractivity contribution is -0.139. The Morgan fingerprint density at radius 2 is 1.95 bits per heavy atom. The van der Waals surface area contributed by atoms with Gasteiger partial charge in [-0.15, -0.1) is 0 Å². The molecule has 0 spiro atoms. The van der Waals surface area contributed by atoms with Crippen molar-refractivity contribution in [2.24, 2.45) is 17.3 Å². The maximum atomic E-state index is 12.8. The van der Waals surface area contributed by atoms with Gasteiger partial charge in [0.15, 0.2) is 0 Å². The van der Waals surface area contributed by atoms with Crippen LogP contribution in [-0.4, -0.2) is 11.1 Å². The largest absolute Gasteiger partial charge is 0.481 e. The van der Waals surface area contributed by atoms with E-state index in [0.29, 0.717) is 11.1 Å². The highest BCUT2D eigenvalue weighted by Crippen LogP contribution is 2.61. The van der Waals surface area contributed by atoms with Crippen molar-refractivity contribution in [2.45, 2.75) is 13.8 Å². The van der Waals surface area contributed by atoms with Gasteiger partial charge in [0.2, 0.25) is 0 Å². The summed E-state index contributed by atoms with van der Waals surface area (Å²) in [5.74, 6) is -2.03. The molecule has 3 nitrogen and oxygen atoms in total. The molecule has 2 unspecified atom stereocenters. The molecule has 0 aliphatic heterocycles. The average Bonchev–Trinajstić information content (AvgIpc) is 2.92. The van der Waals surface area contributed by atoms with Crippen LogP contribution >= 0.6 is 0 Å². The molecule has 4 heteroatoms. The highest BCUT2D eigenvalue weighted by molar-refractivity contribution is 5.78. The molecule has 1 fully saturated rings. The molecule has 1 aromatic carbocycles. The van der Waals surface area contributed by atoms with Crippen LogP contribution in [0.2, 0.25) is 0 Å². The van der Waals surface area contributed by atoms with E-state index in [1.807, 2.05) is 13.8 Å². The number of halogens is 1. The van der Waals surface area contributed by atoms with Crippen LogP contribution in [0.15, 0.2) is 29.8 Å². The summed E-state index contributed by atoms with van der Waals surface area (Å²) in [5, 5.41) is 18.3. The van der Waals surface area contributed by atoms with Crippen molar-refractivity contribution in [1.29, 1.82) is 5.26 Å². The van der Waals surface area contributed by atoms with Crippen LogP contribution in [0.1, 0.15) is 19.4 Å². The molecule has 0 radical (unpaired) electrons. The summed E-state index contributed by atoms with van der Waals surface area (Å²) in [4.78, 5) is 11.1. The molecule has 19 heavy (non-hydrogen) atoms. The van der Waals surface area contributed by atoms with E-state index >= 15 is 0 Å². The standard InChI is InChI=1S/C15H14FNO2/c1-15(2)12(13(15)14(18)19)10(8-17)7-9-3-5-11(16)6-4-9/h3-7,12-13H,1-2H3,(H,18,19)/b10-7-. The maximum absolute atomic E-state index is 12.8. The van der Waals surface area contributed by atoms with Gasteiger partial charge in [0.05, 0.1) is 12.0 Å². The van der Waals surface area contributed by atoms with Crippen molar-refractivity contribution < 1.29 is 14.3 Å². The van der Waals surface area contributed by atoms with E-state index in [9.17, 15) is 14.4 Å². The first-order valence-electron chi connectivity index (χ1n) is 5.98. The minimum Gasteiger partial charge on any atom is -0.481 e. The summed E-state index contributed by atoms with van der Waals surface area (Å²) in [6.07, 6.45) is 1.63. The lowest BCUT2D eigenvalue weighted by Crippen LogP contribution is -2.03. The monoisotopic (exact) mass is 259 g/mol. The van der Waals surface area contributed by atoms with E-state index in [-0.39, 0.29) is 11.7 Å². The molecule has 0 aromatic heterocycles. The Morgan fingerprint density at radius 3 is 2.37 bits per heavy atom. The first-order valence-corrected chi connectivity index (χ1v) is 5.98. The number of nitrogens with zero attached hydrogens (tertiary/aromatic N) is 1. The molecule has 1 aliphatic carbocycles. The van der Waals surface area contributed by atoms with Gasteiger partial charge in [-0.05, 0) is 29.2 Å². The van der Waals surface area contributed by atoms with Crippen molar-refractivity contribution in [3.63, 3.8) is 0 Å². The summed E-state index contributed by atoms with van der Waals surface area (Å²) >= 11 is 0. The molecule has 2 rings (SSSR count). The fourth-order valence-electron chi connectivity index (χ4n) is 2.61. The zero-order chi connectivity index (χ0) is 14.2. The number of hydrogen-bond donors (Lipinski definition) is 1. The molecule has 1 saturated carbocycles. The SMILES string of the molecule is CC1(C)C(C(=O)O)C1/C(C#N)=C\c1ccc(F)cc1. The van der Waals surface area contributed by atoms with Gasteiger partial charge < -0.3 is 5.11 Å². The second-order valence-corrected chi connectivity index (χ2v) is 5.38. The molecule has 0 saturated heterocycles. The molecule has 1 N–H and O–H groups in total. The smallest absolute Gasteiger partial charge is 0.307 e. The van der Waals surface area contributed by atoms with E-state index < -0.39 is 17.3 Å². The molecular formula is C15H14FNO2. The van der Waals surface area contributed by atoms with E-state index in [1.54, 1.807) is 18.2 Å². The van der Waals surface area contributed by atoms with E-state index in [1.165, 1.54) is 12.1 Å². The third-order valence-electron chi connectivity index (χ3n) is 3.75. The zero-order valence-electron chi connectivity index (χ0n) is 10.7. The lowest BCUT2D eigenvalue weighted by Gasteiger charge is -2.01. The summed E-state index contributed by atoms with van der Waals surface area (Å²) in [6, 6.07) is 7.83. The van der Waals surface area contributed by atoms with Gasteiger partial charge in [-0.2, -0.15) is 5.26 Å². The fourth-order valence-corrected chi connectivity index (χ4v) is 2.61. The van der Waals surface area contributed by atoms with Gasteiger partial charge in [0.1, 0.15) is 5.82 Å². The lowest BCUT2D eigenvalue weighted by atomic mass is 10.0. The van der Waals surface area contributed by atoms with Gasteiger partial charge in [0.25, 0.3) is 0 Å². The molecule has 1 aliphatic rings. The van der Waals surface area contributed by atoms with Crippen molar-refractivity contribution in [2.75, 3.05) is 0 Å². The number of benzene rings is 1. The Bertz CT molecular complexity index is 581. The normalized spacial score (nSPS) is 24.6. The quantitative estimate of drug-likeness (QED) is 0.848. The second kappa shape index (κ2) is 4.51. The molecule has 0 bridgehead atoms. The Labute approximate surface area is 111 Å². The Kier molecular flexibility index (Phi) is 3.15. The predicted octanol–water partition coefficient (Wildman–Crippen LogP) is 3.09. The first kappa shape index (κ1) is 13.3.